The van der Waals surface area contributed by atoms with Crippen molar-refractivity contribution in [3.05, 3.63) is 29.7 Å². The van der Waals surface area contributed by atoms with Crippen LogP contribution in [0.5, 0.6) is 0 Å². The van der Waals surface area contributed by atoms with Crippen molar-refractivity contribution in [2.24, 2.45) is 0 Å². The fraction of sp³-hybridized carbons (Fsp3) is 0.273. The first kappa shape index (κ1) is 14.0. The molecule has 0 saturated heterocycles. The number of rotatable bonds is 3. The number of carbonyl (C=O) groups is 1. The smallest absolute Gasteiger partial charge is 0.417 e. The van der Waals surface area contributed by atoms with Gasteiger partial charge in [0, 0.05) is 6.20 Å². The topological polar surface area (TPSA) is 80.8 Å². The van der Waals surface area contributed by atoms with E-state index in [-0.39, 0.29) is 23.9 Å². The number of H-pyrrole nitrogens is 1. The molecule has 0 aliphatic heterocycles. The number of aromatic nitrogens is 4. The maximum Gasteiger partial charge on any atom is 0.417 e. The molecule has 0 radical (unpaired) electrons. The van der Waals surface area contributed by atoms with Gasteiger partial charge in [-0.25, -0.2) is 4.79 Å². The number of nitrogens with zero attached hydrogens (tertiary/aromatic N) is 3. The predicted octanol–water partition coefficient (Wildman–Crippen LogP) is 2.06. The lowest BCUT2D eigenvalue weighted by atomic mass is 10.2. The molecule has 20 heavy (non-hydrogen) atoms. The molecule has 2 aromatic heterocycles. The minimum atomic E-state index is -4.46. The van der Waals surface area contributed by atoms with Gasteiger partial charge in [0.1, 0.15) is 5.69 Å². The van der Waals surface area contributed by atoms with Crippen LogP contribution in [-0.4, -0.2) is 32.7 Å². The normalized spacial score (nSPS) is 11.4. The Kier molecular flexibility index (Phi) is 3.68. The molecule has 0 saturated carbocycles. The number of alkyl halides is 3. The van der Waals surface area contributed by atoms with Gasteiger partial charge in [0.2, 0.25) is 5.82 Å². The highest BCUT2D eigenvalue weighted by Crippen LogP contribution is 2.29. The van der Waals surface area contributed by atoms with Crippen molar-refractivity contribution in [3.63, 3.8) is 0 Å². The third-order valence-electron chi connectivity index (χ3n) is 2.27. The summed E-state index contributed by atoms with van der Waals surface area (Å²) < 4.78 is 41.8. The highest BCUT2D eigenvalue weighted by atomic mass is 19.4. The van der Waals surface area contributed by atoms with Gasteiger partial charge in [-0.3, -0.25) is 10.1 Å². The van der Waals surface area contributed by atoms with Crippen LogP contribution in [0.2, 0.25) is 0 Å². The summed E-state index contributed by atoms with van der Waals surface area (Å²) in [6, 6.07) is 1.99. The molecule has 2 aromatic rings. The lowest BCUT2D eigenvalue weighted by Crippen LogP contribution is -2.06. The minimum Gasteiger partial charge on any atom is -0.460 e. The fourth-order valence-corrected chi connectivity index (χ4v) is 1.36. The van der Waals surface area contributed by atoms with Crippen LogP contribution < -0.4 is 0 Å². The van der Waals surface area contributed by atoms with Gasteiger partial charge in [-0.15, -0.1) is 0 Å². The molecule has 0 atom stereocenters. The standard InChI is InChI=1S/C11H9F3N4O2/c1-2-20-10(19)9-16-8(17-18-9)7-4-3-6(5-15-7)11(12,13)14/h3-5H,2H2,1H3,(H,16,17,18). The third-order valence-corrected chi connectivity index (χ3v) is 2.27. The van der Waals surface area contributed by atoms with Crippen molar-refractivity contribution in [1.82, 2.24) is 20.2 Å². The number of halogens is 3. The number of hydrogen-bond acceptors (Lipinski definition) is 5. The summed E-state index contributed by atoms with van der Waals surface area (Å²) in [5.74, 6) is -0.816. The molecule has 0 aliphatic carbocycles. The van der Waals surface area contributed by atoms with Crippen molar-refractivity contribution in [2.45, 2.75) is 13.1 Å². The van der Waals surface area contributed by atoms with Crippen molar-refractivity contribution >= 4 is 5.97 Å². The molecule has 6 nitrogen and oxygen atoms in total. The Labute approximate surface area is 111 Å². The lowest BCUT2D eigenvalue weighted by molar-refractivity contribution is -0.137. The molecule has 106 valence electrons. The zero-order chi connectivity index (χ0) is 14.8. The summed E-state index contributed by atoms with van der Waals surface area (Å²) in [4.78, 5) is 18.8. The zero-order valence-corrected chi connectivity index (χ0v) is 10.2. The van der Waals surface area contributed by atoms with E-state index >= 15 is 0 Å². The molecule has 0 spiro atoms. The van der Waals surface area contributed by atoms with Crippen molar-refractivity contribution in [1.29, 1.82) is 0 Å². The van der Waals surface area contributed by atoms with Crippen LogP contribution in [-0.2, 0) is 10.9 Å². The summed E-state index contributed by atoms with van der Waals surface area (Å²) in [5, 5.41) is 6.04. The van der Waals surface area contributed by atoms with E-state index in [0.29, 0.717) is 6.20 Å². The number of nitrogens with one attached hydrogen (secondary N) is 1. The first-order valence-corrected chi connectivity index (χ1v) is 5.55. The molecule has 0 aromatic carbocycles. The van der Waals surface area contributed by atoms with Crippen molar-refractivity contribution in [2.75, 3.05) is 6.61 Å². The highest BCUT2D eigenvalue weighted by molar-refractivity contribution is 5.85. The molecule has 0 amide bonds. The number of aromatic amines is 1. The molecule has 0 unspecified atom stereocenters. The van der Waals surface area contributed by atoms with Crippen LogP contribution in [0.15, 0.2) is 18.3 Å². The monoisotopic (exact) mass is 286 g/mol. The maximum atomic E-state index is 12.4. The molecule has 0 fully saturated rings. The highest BCUT2D eigenvalue weighted by Gasteiger charge is 2.30. The van der Waals surface area contributed by atoms with E-state index in [1.807, 2.05) is 0 Å². The average Bonchev–Trinajstić information content (AvgIpc) is 2.88. The summed E-state index contributed by atoms with van der Waals surface area (Å²) in [6.07, 6.45) is -3.78. The number of hydrogen-bond donors (Lipinski definition) is 1. The van der Waals surface area contributed by atoms with E-state index in [2.05, 4.69) is 20.2 Å². The quantitative estimate of drug-likeness (QED) is 0.873. The van der Waals surface area contributed by atoms with E-state index in [1.54, 1.807) is 6.92 Å². The average molecular weight is 286 g/mol. The second kappa shape index (κ2) is 5.27. The Bertz CT molecular complexity index is 607. The van der Waals surface area contributed by atoms with Crippen LogP contribution in [0.3, 0.4) is 0 Å². The van der Waals surface area contributed by atoms with Crippen LogP contribution in [0.1, 0.15) is 23.1 Å². The second-order valence-electron chi connectivity index (χ2n) is 3.66. The van der Waals surface area contributed by atoms with Gasteiger partial charge in [-0.2, -0.15) is 23.3 Å². The Morgan fingerprint density at radius 1 is 1.40 bits per heavy atom. The van der Waals surface area contributed by atoms with Crippen LogP contribution >= 0.6 is 0 Å². The second-order valence-corrected chi connectivity index (χ2v) is 3.66. The lowest BCUT2D eigenvalue weighted by Gasteiger charge is -2.05. The van der Waals surface area contributed by atoms with Crippen LogP contribution in [0.4, 0.5) is 13.2 Å². The summed E-state index contributed by atoms with van der Waals surface area (Å²) >= 11 is 0. The summed E-state index contributed by atoms with van der Waals surface area (Å²) in [7, 11) is 0. The van der Waals surface area contributed by atoms with E-state index in [1.165, 1.54) is 0 Å². The van der Waals surface area contributed by atoms with Crippen molar-refractivity contribution < 1.29 is 22.7 Å². The van der Waals surface area contributed by atoms with Gasteiger partial charge in [-0.05, 0) is 19.1 Å². The van der Waals surface area contributed by atoms with E-state index < -0.39 is 17.7 Å². The van der Waals surface area contributed by atoms with Gasteiger partial charge in [0.25, 0.3) is 0 Å². The van der Waals surface area contributed by atoms with Crippen LogP contribution in [0, 0.1) is 0 Å². The Morgan fingerprint density at radius 2 is 2.15 bits per heavy atom. The molecule has 1 N–H and O–H groups in total. The minimum absolute atomic E-state index is 0.0155. The summed E-state index contributed by atoms with van der Waals surface area (Å²) in [5.41, 5.74) is -0.757. The van der Waals surface area contributed by atoms with Gasteiger partial charge in [-0.1, -0.05) is 0 Å². The van der Waals surface area contributed by atoms with Crippen molar-refractivity contribution in [3.8, 4) is 11.5 Å². The van der Waals surface area contributed by atoms with E-state index in [9.17, 15) is 18.0 Å². The number of ether oxygens (including phenoxy) is 1. The van der Waals surface area contributed by atoms with Crippen LogP contribution in [0.25, 0.3) is 11.5 Å². The van der Waals surface area contributed by atoms with Gasteiger partial charge < -0.3 is 4.74 Å². The largest absolute Gasteiger partial charge is 0.460 e. The predicted molar refractivity (Wildman–Crippen MR) is 60.6 cm³/mol. The fourth-order valence-electron chi connectivity index (χ4n) is 1.36. The third kappa shape index (κ3) is 2.92. The first-order valence-electron chi connectivity index (χ1n) is 5.55. The maximum absolute atomic E-state index is 12.4. The molecule has 2 rings (SSSR count). The Morgan fingerprint density at radius 3 is 2.70 bits per heavy atom. The molecule has 0 bridgehead atoms. The number of pyridine rings is 1. The van der Waals surface area contributed by atoms with E-state index in [0.717, 1.165) is 12.1 Å². The van der Waals surface area contributed by atoms with Gasteiger partial charge >= 0.3 is 12.1 Å². The molecule has 9 heteroatoms. The SMILES string of the molecule is CCOC(=O)c1nc(-c2ccc(C(F)(F)F)cn2)n[nH]1. The molecular formula is C11H9F3N4O2. The molecule has 0 aliphatic rings. The first-order chi connectivity index (χ1) is 9.41. The van der Waals surface area contributed by atoms with E-state index in [4.69, 9.17) is 4.74 Å². The molecular weight excluding hydrogens is 277 g/mol. The number of carbonyl (C=O) groups excluding carboxylic acids is 1. The number of esters is 1. The Hall–Kier alpha value is -2.45. The molecule has 2 heterocycles. The Balaban J connectivity index is 2.22. The van der Waals surface area contributed by atoms with Gasteiger partial charge in [0.05, 0.1) is 12.2 Å². The zero-order valence-electron chi connectivity index (χ0n) is 10.2. The van der Waals surface area contributed by atoms with Gasteiger partial charge in [0.15, 0.2) is 5.82 Å². The summed E-state index contributed by atoms with van der Waals surface area (Å²) in [6.45, 7) is 1.81.